The van der Waals surface area contributed by atoms with Crippen molar-refractivity contribution in [2.75, 3.05) is 11.9 Å². The number of hydrogen-bond donors (Lipinski definition) is 1. The van der Waals surface area contributed by atoms with Gasteiger partial charge in [-0.05, 0) is 42.7 Å². The molecule has 0 fully saturated rings. The van der Waals surface area contributed by atoms with Crippen LogP contribution in [0.2, 0.25) is 0 Å². The minimum Gasteiger partial charge on any atom is -0.325 e. The Morgan fingerprint density at radius 1 is 0.844 bits per heavy atom. The first-order valence-electron chi connectivity index (χ1n) is 10.4. The van der Waals surface area contributed by atoms with Gasteiger partial charge in [0.05, 0.1) is 11.1 Å². The molecule has 3 aromatic rings. The first-order valence-corrected chi connectivity index (χ1v) is 10.4. The number of imide groups is 1. The van der Waals surface area contributed by atoms with E-state index in [1.165, 1.54) is 11.8 Å². The first kappa shape index (κ1) is 19.9. The van der Waals surface area contributed by atoms with Gasteiger partial charge >= 0.3 is 0 Å². The number of benzene rings is 3. The second kappa shape index (κ2) is 7.27. The Balaban J connectivity index is 1.55. The Morgan fingerprint density at radius 2 is 1.44 bits per heavy atom. The lowest BCUT2D eigenvalue weighted by atomic mass is 9.72. The number of carbonyl (C=O) groups is 4. The molecule has 0 saturated carbocycles. The maximum atomic E-state index is 13.4. The summed E-state index contributed by atoms with van der Waals surface area (Å²) in [4.78, 5) is 52.1. The average Bonchev–Trinajstić information content (AvgIpc) is 3.23. The summed E-state index contributed by atoms with van der Waals surface area (Å²) in [7, 11) is 0. The number of anilines is 1. The maximum absolute atomic E-state index is 13.4. The molecule has 6 nitrogen and oxygen atoms in total. The molecular formula is C26H20N2O4. The van der Waals surface area contributed by atoms with Crippen LogP contribution in [-0.2, 0) is 10.2 Å². The Morgan fingerprint density at radius 3 is 2.06 bits per heavy atom. The Hall–Kier alpha value is -4.06. The van der Waals surface area contributed by atoms with E-state index in [0.29, 0.717) is 27.9 Å². The molecule has 0 aromatic heterocycles. The zero-order valence-corrected chi connectivity index (χ0v) is 17.4. The van der Waals surface area contributed by atoms with Crippen molar-refractivity contribution in [3.63, 3.8) is 0 Å². The van der Waals surface area contributed by atoms with Crippen LogP contribution in [0.3, 0.4) is 0 Å². The van der Waals surface area contributed by atoms with Crippen LogP contribution in [-0.4, -0.2) is 34.9 Å². The molecule has 5 rings (SSSR count). The zero-order valence-electron chi connectivity index (χ0n) is 17.4. The van der Waals surface area contributed by atoms with Gasteiger partial charge in [0.2, 0.25) is 5.91 Å². The normalized spacial score (nSPS) is 19.0. The lowest BCUT2D eigenvalue weighted by molar-refractivity contribution is -0.119. The average molecular weight is 424 g/mol. The summed E-state index contributed by atoms with van der Waals surface area (Å²) < 4.78 is 0. The van der Waals surface area contributed by atoms with Gasteiger partial charge in [0.15, 0.2) is 5.78 Å². The molecule has 6 heteroatoms. The van der Waals surface area contributed by atoms with Crippen molar-refractivity contribution in [1.82, 2.24) is 4.90 Å². The van der Waals surface area contributed by atoms with Gasteiger partial charge in [0, 0.05) is 17.8 Å². The van der Waals surface area contributed by atoms with Crippen LogP contribution in [0.5, 0.6) is 0 Å². The van der Waals surface area contributed by atoms with Gasteiger partial charge in [-0.15, -0.1) is 0 Å². The summed E-state index contributed by atoms with van der Waals surface area (Å²) in [5.74, 6) is -0.975. The Bertz CT molecular complexity index is 1260. The van der Waals surface area contributed by atoms with Gasteiger partial charge < -0.3 is 5.32 Å². The lowest BCUT2D eigenvalue weighted by Crippen LogP contribution is -2.41. The van der Waals surface area contributed by atoms with E-state index in [-0.39, 0.29) is 36.5 Å². The Kier molecular flexibility index (Phi) is 4.51. The summed E-state index contributed by atoms with van der Waals surface area (Å²) in [5, 5.41) is 2.94. The molecule has 1 N–H and O–H groups in total. The molecule has 32 heavy (non-hydrogen) atoms. The second-order valence-corrected chi connectivity index (χ2v) is 8.10. The van der Waals surface area contributed by atoms with E-state index in [1.807, 2.05) is 24.3 Å². The van der Waals surface area contributed by atoms with E-state index in [9.17, 15) is 19.2 Å². The molecule has 2 aliphatic heterocycles. The number of rotatable bonds is 5. The summed E-state index contributed by atoms with van der Waals surface area (Å²) in [5.41, 5.74) is 2.44. The zero-order chi connectivity index (χ0) is 22.5. The van der Waals surface area contributed by atoms with Crippen molar-refractivity contribution in [3.05, 3.63) is 101 Å². The predicted octanol–water partition coefficient (Wildman–Crippen LogP) is 3.81. The third-order valence-corrected chi connectivity index (χ3v) is 6.40. The highest BCUT2D eigenvalue weighted by atomic mass is 16.2. The van der Waals surface area contributed by atoms with Crippen LogP contribution in [0.4, 0.5) is 5.69 Å². The summed E-state index contributed by atoms with van der Waals surface area (Å²) in [6.45, 7) is 1.58. The molecule has 3 aromatic carbocycles. The number of nitrogens with one attached hydrogen (secondary N) is 1. The van der Waals surface area contributed by atoms with Gasteiger partial charge in [0.1, 0.15) is 5.41 Å². The molecule has 3 amide bonds. The third kappa shape index (κ3) is 2.80. The molecule has 0 spiro atoms. The van der Waals surface area contributed by atoms with Gasteiger partial charge in [-0.2, -0.15) is 0 Å². The highest BCUT2D eigenvalue weighted by Gasteiger charge is 2.49. The van der Waals surface area contributed by atoms with E-state index in [2.05, 4.69) is 5.32 Å². The third-order valence-electron chi connectivity index (χ3n) is 6.40. The number of Topliss-reactive ketones (excluding diaryl/α,β-unsaturated/α-hetero) is 1. The molecule has 0 bridgehead atoms. The summed E-state index contributed by atoms with van der Waals surface area (Å²) in [6, 6.07) is 21.1. The predicted molar refractivity (Wildman–Crippen MR) is 119 cm³/mol. The molecule has 0 unspecified atom stereocenters. The number of para-hydroxylation sites is 1. The molecule has 1 atom stereocenters. The van der Waals surface area contributed by atoms with E-state index in [0.717, 1.165) is 5.56 Å². The van der Waals surface area contributed by atoms with E-state index < -0.39 is 5.41 Å². The van der Waals surface area contributed by atoms with E-state index in [1.54, 1.807) is 48.5 Å². The fourth-order valence-corrected chi connectivity index (χ4v) is 4.71. The topological polar surface area (TPSA) is 83.6 Å². The highest BCUT2D eigenvalue weighted by Crippen LogP contribution is 2.45. The minimum absolute atomic E-state index is 0.0621. The number of ketones is 1. The van der Waals surface area contributed by atoms with Crippen molar-refractivity contribution >= 4 is 29.2 Å². The summed E-state index contributed by atoms with van der Waals surface area (Å²) in [6.07, 6.45) is 0.223. The van der Waals surface area contributed by atoms with Crippen LogP contribution in [0.15, 0.2) is 72.8 Å². The van der Waals surface area contributed by atoms with Crippen LogP contribution in [0.25, 0.3) is 0 Å². The first-order chi connectivity index (χ1) is 15.4. The number of hydrogen-bond acceptors (Lipinski definition) is 4. The number of fused-ring (bicyclic) bond motifs is 2. The van der Waals surface area contributed by atoms with Crippen molar-refractivity contribution in [2.24, 2.45) is 0 Å². The fourth-order valence-electron chi connectivity index (χ4n) is 4.71. The number of nitrogens with zero attached hydrogens (tertiary/aromatic N) is 1. The fraction of sp³-hybridized carbons (Fsp3) is 0.154. The van der Waals surface area contributed by atoms with Crippen LogP contribution in [0, 0.1) is 0 Å². The van der Waals surface area contributed by atoms with Gasteiger partial charge in [-0.1, -0.05) is 54.6 Å². The maximum Gasteiger partial charge on any atom is 0.261 e. The quantitative estimate of drug-likeness (QED) is 0.499. The molecule has 0 aliphatic carbocycles. The highest BCUT2D eigenvalue weighted by molar-refractivity contribution is 6.21. The van der Waals surface area contributed by atoms with E-state index in [4.69, 9.17) is 0 Å². The molecular weight excluding hydrogens is 404 g/mol. The largest absolute Gasteiger partial charge is 0.325 e. The monoisotopic (exact) mass is 424 g/mol. The molecule has 2 heterocycles. The molecule has 158 valence electrons. The molecule has 2 aliphatic rings. The van der Waals surface area contributed by atoms with Crippen LogP contribution >= 0.6 is 0 Å². The SMILES string of the molecule is CC(=O)c1ccc([C@@]2(CCN3C(=O)c4ccccc4C3=O)C(=O)Nc3ccccc32)cc1. The van der Waals surface area contributed by atoms with Crippen molar-refractivity contribution in [2.45, 2.75) is 18.8 Å². The molecule has 0 radical (unpaired) electrons. The summed E-state index contributed by atoms with van der Waals surface area (Å²) >= 11 is 0. The minimum atomic E-state index is -1.08. The number of carbonyl (C=O) groups excluding carboxylic acids is 4. The lowest BCUT2D eigenvalue weighted by Gasteiger charge is -2.30. The Labute approximate surface area is 184 Å². The van der Waals surface area contributed by atoms with Crippen LogP contribution < -0.4 is 5.32 Å². The van der Waals surface area contributed by atoms with Crippen LogP contribution in [0.1, 0.15) is 55.5 Å². The smallest absolute Gasteiger partial charge is 0.261 e. The second-order valence-electron chi connectivity index (χ2n) is 8.10. The number of amides is 3. The van der Waals surface area contributed by atoms with Gasteiger partial charge in [-0.3, -0.25) is 24.1 Å². The van der Waals surface area contributed by atoms with Crippen molar-refractivity contribution < 1.29 is 19.2 Å². The van der Waals surface area contributed by atoms with Crippen molar-refractivity contribution in [1.29, 1.82) is 0 Å². The van der Waals surface area contributed by atoms with Crippen molar-refractivity contribution in [3.8, 4) is 0 Å². The van der Waals surface area contributed by atoms with E-state index >= 15 is 0 Å². The van der Waals surface area contributed by atoms with Gasteiger partial charge in [0.25, 0.3) is 11.8 Å². The standard InChI is InChI=1S/C26H20N2O4/c1-16(29)17-10-12-18(13-11-17)26(21-8-4-5-9-22(21)27-25(26)32)14-15-28-23(30)19-6-2-3-7-20(19)24(28)31/h2-13H,14-15H2,1H3,(H,27,32)/t26-/m1/s1. The van der Waals surface area contributed by atoms with Gasteiger partial charge in [-0.25, -0.2) is 0 Å². The molecule has 0 saturated heterocycles.